The van der Waals surface area contributed by atoms with Gasteiger partial charge in [0, 0.05) is 36.8 Å². The second-order valence-corrected chi connectivity index (χ2v) is 4.60. The minimum atomic E-state index is 0.741. The normalized spacial score (nSPS) is 13.0. The molecular weight excluding hydrogens is 252 g/mol. The maximum atomic E-state index is 5.62. The first kappa shape index (κ1) is 11.2. The molecule has 0 spiro atoms. The van der Waals surface area contributed by atoms with Gasteiger partial charge in [-0.05, 0) is 12.1 Å². The Morgan fingerprint density at radius 1 is 1.15 bits per heavy atom. The van der Waals surface area contributed by atoms with Crippen LogP contribution in [0.25, 0.3) is 17.1 Å². The van der Waals surface area contributed by atoms with E-state index in [1.54, 1.807) is 18.6 Å². The topological polar surface area (TPSA) is 52.8 Å². The Balaban J connectivity index is 1.89. The quantitative estimate of drug-likeness (QED) is 0.712. The van der Waals surface area contributed by atoms with Gasteiger partial charge in [-0.15, -0.1) is 0 Å². The van der Waals surface area contributed by atoms with Crippen LogP contribution in [0, 0.1) is 0 Å². The Bertz CT molecular complexity index is 752. The Hall–Kier alpha value is -2.69. The summed E-state index contributed by atoms with van der Waals surface area (Å²) >= 11 is 0. The van der Waals surface area contributed by atoms with Crippen molar-refractivity contribution in [2.24, 2.45) is 0 Å². The molecule has 20 heavy (non-hydrogen) atoms. The van der Waals surface area contributed by atoms with Crippen LogP contribution in [0.1, 0.15) is 5.56 Å². The molecular formula is C15H12N4O. The highest BCUT2D eigenvalue weighted by molar-refractivity contribution is 5.60. The molecule has 3 aromatic rings. The highest BCUT2D eigenvalue weighted by atomic mass is 16.5. The van der Waals surface area contributed by atoms with Crippen LogP contribution in [0.4, 0.5) is 0 Å². The van der Waals surface area contributed by atoms with Crippen LogP contribution in [0.3, 0.4) is 0 Å². The predicted molar refractivity (Wildman–Crippen MR) is 73.8 cm³/mol. The van der Waals surface area contributed by atoms with E-state index in [1.807, 2.05) is 18.3 Å². The molecule has 1 aliphatic rings. The lowest BCUT2D eigenvalue weighted by Crippen LogP contribution is -2.00. The number of hydrogen-bond donors (Lipinski definition) is 0. The zero-order chi connectivity index (χ0) is 13.4. The number of rotatable bonds is 2. The van der Waals surface area contributed by atoms with E-state index in [0.717, 1.165) is 35.9 Å². The molecule has 2 aromatic heterocycles. The molecule has 4 rings (SSSR count). The summed E-state index contributed by atoms with van der Waals surface area (Å²) in [5.74, 6) is 1.80. The SMILES string of the molecule is c1cc2c(c(-n3ccnc3-c3cncnc3)c1)CCO2. The van der Waals surface area contributed by atoms with Gasteiger partial charge in [0.2, 0.25) is 0 Å². The molecule has 0 bridgehead atoms. The fraction of sp³-hybridized carbons (Fsp3) is 0.133. The maximum absolute atomic E-state index is 5.62. The van der Waals surface area contributed by atoms with Gasteiger partial charge in [0.25, 0.3) is 0 Å². The van der Waals surface area contributed by atoms with E-state index in [-0.39, 0.29) is 0 Å². The molecule has 3 heterocycles. The fourth-order valence-corrected chi connectivity index (χ4v) is 2.56. The lowest BCUT2D eigenvalue weighted by Gasteiger charge is -2.11. The number of ether oxygens (including phenoxy) is 1. The molecule has 0 fully saturated rings. The zero-order valence-corrected chi connectivity index (χ0v) is 10.7. The molecule has 5 heteroatoms. The van der Waals surface area contributed by atoms with Gasteiger partial charge >= 0.3 is 0 Å². The van der Waals surface area contributed by atoms with Crippen molar-refractivity contribution >= 4 is 0 Å². The smallest absolute Gasteiger partial charge is 0.147 e. The Labute approximate surface area is 115 Å². The van der Waals surface area contributed by atoms with Crippen LogP contribution in [0.2, 0.25) is 0 Å². The van der Waals surface area contributed by atoms with E-state index >= 15 is 0 Å². The minimum absolute atomic E-state index is 0.741. The number of nitrogens with zero attached hydrogens (tertiary/aromatic N) is 4. The van der Waals surface area contributed by atoms with Crippen molar-refractivity contribution in [3.8, 4) is 22.8 Å². The summed E-state index contributed by atoms with van der Waals surface area (Å²) in [7, 11) is 0. The second kappa shape index (κ2) is 4.45. The average molecular weight is 264 g/mol. The van der Waals surface area contributed by atoms with Gasteiger partial charge in [0.1, 0.15) is 17.9 Å². The lowest BCUT2D eigenvalue weighted by atomic mass is 10.1. The van der Waals surface area contributed by atoms with E-state index < -0.39 is 0 Å². The van der Waals surface area contributed by atoms with Crippen LogP contribution in [-0.2, 0) is 6.42 Å². The number of imidazole rings is 1. The van der Waals surface area contributed by atoms with Crippen LogP contribution >= 0.6 is 0 Å². The first-order chi connectivity index (χ1) is 9.93. The molecule has 0 saturated carbocycles. The number of benzene rings is 1. The van der Waals surface area contributed by atoms with Gasteiger partial charge in [-0.1, -0.05) is 6.07 Å². The highest BCUT2D eigenvalue weighted by Gasteiger charge is 2.18. The van der Waals surface area contributed by atoms with Crippen molar-refractivity contribution in [1.29, 1.82) is 0 Å². The second-order valence-electron chi connectivity index (χ2n) is 4.60. The Morgan fingerprint density at radius 2 is 2.05 bits per heavy atom. The summed E-state index contributed by atoms with van der Waals surface area (Å²) in [4.78, 5) is 12.5. The van der Waals surface area contributed by atoms with Crippen molar-refractivity contribution in [2.75, 3.05) is 6.61 Å². The van der Waals surface area contributed by atoms with Gasteiger partial charge in [-0.25, -0.2) is 15.0 Å². The van der Waals surface area contributed by atoms with Gasteiger partial charge in [0.15, 0.2) is 0 Å². The van der Waals surface area contributed by atoms with Crippen LogP contribution in [-0.4, -0.2) is 26.1 Å². The van der Waals surface area contributed by atoms with Crippen molar-refractivity contribution in [1.82, 2.24) is 19.5 Å². The third kappa shape index (κ3) is 1.67. The van der Waals surface area contributed by atoms with Crippen LogP contribution in [0.15, 0.2) is 49.3 Å². The van der Waals surface area contributed by atoms with Gasteiger partial charge in [-0.2, -0.15) is 0 Å². The number of fused-ring (bicyclic) bond motifs is 1. The lowest BCUT2D eigenvalue weighted by molar-refractivity contribution is 0.357. The van der Waals surface area contributed by atoms with Gasteiger partial charge < -0.3 is 4.74 Å². The predicted octanol–water partition coefficient (Wildman–Crippen LogP) is 2.26. The van der Waals surface area contributed by atoms with E-state index in [2.05, 4.69) is 25.6 Å². The zero-order valence-electron chi connectivity index (χ0n) is 10.7. The van der Waals surface area contributed by atoms with Crippen LogP contribution in [0.5, 0.6) is 5.75 Å². The molecule has 98 valence electrons. The molecule has 0 radical (unpaired) electrons. The van der Waals surface area contributed by atoms with Crippen molar-refractivity contribution in [3.63, 3.8) is 0 Å². The van der Waals surface area contributed by atoms with E-state index in [4.69, 9.17) is 4.74 Å². The molecule has 0 N–H and O–H groups in total. The summed E-state index contributed by atoms with van der Waals surface area (Å²) in [6.45, 7) is 0.741. The third-order valence-corrected chi connectivity index (χ3v) is 3.44. The first-order valence-electron chi connectivity index (χ1n) is 6.47. The first-order valence-corrected chi connectivity index (χ1v) is 6.47. The molecule has 5 nitrogen and oxygen atoms in total. The summed E-state index contributed by atoms with van der Waals surface area (Å²) in [6.07, 6.45) is 9.73. The van der Waals surface area contributed by atoms with Gasteiger partial charge in [0.05, 0.1) is 17.9 Å². The largest absolute Gasteiger partial charge is 0.493 e. The van der Waals surface area contributed by atoms with E-state index in [9.17, 15) is 0 Å². The van der Waals surface area contributed by atoms with Crippen molar-refractivity contribution in [2.45, 2.75) is 6.42 Å². The van der Waals surface area contributed by atoms with E-state index in [1.165, 1.54) is 11.9 Å². The standard InChI is InChI=1S/C15H12N4O/c1-2-13(12-4-7-20-14(12)3-1)19-6-5-18-15(19)11-8-16-10-17-9-11/h1-3,5-6,8-10H,4,7H2. The van der Waals surface area contributed by atoms with Crippen molar-refractivity contribution < 1.29 is 4.74 Å². The highest BCUT2D eigenvalue weighted by Crippen LogP contribution is 2.32. The van der Waals surface area contributed by atoms with E-state index in [0.29, 0.717) is 0 Å². The molecule has 1 aliphatic heterocycles. The fourth-order valence-electron chi connectivity index (χ4n) is 2.56. The monoisotopic (exact) mass is 264 g/mol. The average Bonchev–Trinajstić information content (AvgIpc) is 3.16. The molecule has 0 unspecified atom stereocenters. The Kier molecular flexibility index (Phi) is 2.48. The summed E-state index contributed by atoms with van der Waals surface area (Å²) in [5.41, 5.74) is 3.23. The van der Waals surface area contributed by atoms with Crippen LogP contribution < -0.4 is 4.74 Å². The molecule has 1 aromatic carbocycles. The van der Waals surface area contributed by atoms with Crippen molar-refractivity contribution in [3.05, 3.63) is 54.9 Å². The molecule has 0 saturated heterocycles. The number of aromatic nitrogens is 4. The minimum Gasteiger partial charge on any atom is -0.493 e. The molecule has 0 amide bonds. The molecule has 0 atom stereocenters. The Morgan fingerprint density at radius 3 is 2.95 bits per heavy atom. The molecule has 0 aliphatic carbocycles. The summed E-state index contributed by atoms with van der Waals surface area (Å²) in [5, 5.41) is 0. The summed E-state index contributed by atoms with van der Waals surface area (Å²) < 4.78 is 7.69. The number of hydrogen-bond acceptors (Lipinski definition) is 4. The van der Waals surface area contributed by atoms with Gasteiger partial charge in [-0.3, -0.25) is 4.57 Å². The summed E-state index contributed by atoms with van der Waals surface area (Å²) in [6, 6.07) is 6.10. The third-order valence-electron chi connectivity index (χ3n) is 3.44. The maximum Gasteiger partial charge on any atom is 0.147 e.